The average Bonchev–Trinajstić information content (AvgIpc) is 3.20. The van der Waals surface area contributed by atoms with Crippen LogP contribution in [0.4, 0.5) is 11.4 Å². The molecule has 0 radical (unpaired) electrons. The SMILES string of the molecule is Cc1cccc(-c2nc3scc(C(=O)O)c3c(=O)n2CC(=O)Nc2ccc([N+](=O)[O-])cc2)c1. The molecule has 0 aliphatic heterocycles. The van der Waals surface area contributed by atoms with Gasteiger partial charge in [0, 0.05) is 28.8 Å². The number of carboxylic acid groups (broad SMARTS) is 1. The maximum atomic E-state index is 13.3. The van der Waals surface area contributed by atoms with Crippen molar-refractivity contribution in [1.82, 2.24) is 9.55 Å². The minimum atomic E-state index is -1.26. The van der Waals surface area contributed by atoms with Crippen LogP contribution in [0.3, 0.4) is 0 Å². The smallest absolute Gasteiger partial charge is 0.337 e. The van der Waals surface area contributed by atoms with Gasteiger partial charge in [-0.3, -0.25) is 24.3 Å². The lowest BCUT2D eigenvalue weighted by Gasteiger charge is -2.13. The van der Waals surface area contributed by atoms with Crippen LogP contribution in [0, 0.1) is 17.0 Å². The number of aromatic carboxylic acids is 1. The molecule has 0 spiro atoms. The van der Waals surface area contributed by atoms with Gasteiger partial charge < -0.3 is 10.4 Å². The van der Waals surface area contributed by atoms with Gasteiger partial charge in [-0.05, 0) is 25.1 Å². The van der Waals surface area contributed by atoms with E-state index in [9.17, 15) is 29.6 Å². The maximum Gasteiger partial charge on any atom is 0.337 e. The normalized spacial score (nSPS) is 10.8. The number of carbonyl (C=O) groups is 2. The molecule has 0 bridgehead atoms. The topological polar surface area (TPSA) is 144 Å². The third kappa shape index (κ3) is 4.34. The summed E-state index contributed by atoms with van der Waals surface area (Å²) in [6.07, 6.45) is 0. The fraction of sp³-hybridized carbons (Fsp3) is 0.0909. The maximum absolute atomic E-state index is 13.3. The zero-order valence-electron chi connectivity index (χ0n) is 17.1. The Morgan fingerprint density at radius 2 is 1.94 bits per heavy atom. The van der Waals surface area contributed by atoms with E-state index in [2.05, 4.69) is 10.3 Å². The van der Waals surface area contributed by atoms with E-state index in [1.54, 1.807) is 12.1 Å². The van der Waals surface area contributed by atoms with E-state index in [1.165, 1.54) is 29.6 Å². The van der Waals surface area contributed by atoms with Crippen LogP contribution in [-0.2, 0) is 11.3 Å². The molecule has 2 aromatic heterocycles. The second-order valence-electron chi connectivity index (χ2n) is 7.18. The van der Waals surface area contributed by atoms with Crippen molar-refractivity contribution in [2.45, 2.75) is 13.5 Å². The first-order valence-electron chi connectivity index (χ1n) is 9.61. The fourth-order valence-corrected chi connectivity index (χ4v) is 4.25. The third-order valence-corrected chi connectivity index (χ3v) is 5.74. The lowest BCUT2D eigenvalue weighted by atomic mass is 10.1. The summed E-state index contributed by atoms with van der Waals surface area (Å²) in [7, 11) is 0. The van der Waals surface area contributed by atoms with Crippen LogP contribution < -0.4 is 10.9 Å². The molecule has 0 fully saturated rings. The molecule has 2 N–H and O–H groups in total. The van der Waals surface area contributed by atoms with E-state index in [1.807, 2.05) is 19.1 Å². The van der Waals surface area contributed by atoms with Gasteiger partial charge in [0.15, 0.2) is 0 Å². The van der Waals surface area contributed by atoms with Crippen LogP contribution in [0.2, 0.25) is 0 Å². The van der Waals surface area contributed by atoms with Gasteiger partial charge in [0.2, 0.25) is 5.91 Å². The van der Waals surface area contributed by atoms with E-state index in [-0.39, 0.29) is 27.3 Å². The van der Waals surface area contributed by atoms with Crippen molar-refractivity contribution in [3.8, 4) is 11.4 Å². The number of benzene rings is 2. The molecule has 2 heterocycles. The molecule has 33 heavy (non-hydrogen) atoms. The first kappa shape index (κ1) is 21.8. The summed E-state index contributed by atoms with van der Waals surface area (Å²) in [5.74, 6) is -1.60. The minimum absolute atomic E-state index is 0.0629. The van der Waals surface area contributed by atoms with Crippen LogP contribution in [-0.4, -0.2) is 31.5 Å². The van der Waals surface area contributed by atoms with Gasteiger partial charge >= 0.3 is 5.97 Å². The highest BCUT2D eigenvalue weighted by molar-refractivity contribution is 7.17. The molecule has 0 atom stereocenters. The van der Waals surface area contributed by atoms with E-state index >= 15 is 0 Å². The number of nitro groups is 1. The zero-order valence-corrected chi connectivity index (χ0v) is 18.0. The summed E-state index contributed by atoms with van der Waals surface area (Å²) in [6.45, 7) is 1.44. The molecule has 0 aliphatic rings. The van der Waals surface area contributed by atoms with Crippen molar-refractivity contribution in [2.75, 3.05) is 5.32 Å². The predicted octanol–water partition coefficient (Wildman–Crippen LogP) is 3.68. The van der Waals surface area contributed by atoms with Crippen molar-refractivity contribution in [2.24, 2.45) is 0 Å². The van der Waals surface area contributed by atoms with Crippen LogP contribution in [0.5, 0.6) is 0 Å². The molecule has 4 aromatic rings. The lowest BCUT2D eigenvalue weighted by molar-refractivity contribution is -0.384. The number of anilines is 1. The quantitative estimate of drug-likeness (QED) is 0.327. The summed E-state index contributed by atoms with van der Waals surface area (Å²) in [5, 5.41) is 24.1. The van der Waals surface area contributed by atoms with Gasteiger partial charge in [0.1, 0.15) is 17.2 Å². The first-order chi connectivity index (χ1) is 15.7. The molecule has 4 rings (SSSR count). The number of carbonyl (C=O) groups excluding carboxylic acids is 1. The summed E-state index contributed by atoms with van der Waals surface area (Å²) >= 11 is 1.04. The predicted molar refractivity (Wildman–Crippen MR) is 123 cm³/mol. The van der Waals surface area contributed by atoms with E-state index < -0.39 is 28.9 Å². The Labute approximate surface area is 189 Å². The Morgan fingerprint density at radius 3 is 2.58 bits per heavy atom. The number of carboxylic acids is 1. The number of hydrogen-bond acceptors (Lipinski definition) is 7. The average molecular weight is 464 g/mol. The summed E-state index contributed by atoms with van der Waals surface area (Å²) in [4.78, 5) is 52.7. The number of hydrogen-bond donors (Lipinski definition) is 2. The first-order valence-corrected chi connectivity index (χ1v) is 10.5. The standard InChI is InChI=1S/C22H16N4O6S/c1-12-3-2-4-13(9-12)19-24-20-18(16(11-33-20)22(29)30)21(28)25(19)10-17(27)23-14-5-7-15(8-6-14)26(31)32/h2-9,11H,10H2,1H3,(H,23,27)(H,29,30). The molecule has 1 amide bonds. The molecule has 0 unspecified atom stereocenters. The Morgan fingerprint density at radius 1 is 1.21 bits per heavy atom. The highest BCUT2D eigenvalue weighted by atomic mass is 32.1. The van der Waals surface area contributed by atoms with Gasteiger partial charge in [-0.2, -0.15) is 0 Å². The zero-order chi connectivity index (χ0) is 23.7. The minimum Gasteiger partial charge on any atom is -0.478 e. The molecule has 0 saturated carbocycles. The Hall–Kier alpha value is -4.38. The van der Waals surface area contributed by atoms with Gasteiger partial charge in [-0.25, -0.2) is 9.78 Å². The number of fused-ring (bicyclic) bond motifs is 1. The molecular weight excluding hydrogens is 448 g/mol. The van der Waals surface area contributed by atoms with Crippen molar-refractivity contribution < 1.29 is 19.6 Å². The number of aromatic nitrogens is 2. The number of nitro benzene ring substituents is 1. The highest BCUT2D eigenvalue weighted by Crippen LogP contribution is 2.26. The third-order valence-electron chi connectivity index (χ3n) is 4.86. The molecule has 2 aromatic carbocycles. The van der Waals surface area contributed by atoms with Gasteiger partial charge in [0.25, 0.3) is 11.2 Å². The second-order valence-corrected chi connectivity index (χ2v) is 8.04. The summed E-state index contributed by atoms with van der Waals surface area (Å²) in [6, 6.07) is 12.5. The van der Waals surface area contributed by atoms with Crippen molar-refractivity contribution in [1.29, 1.82) is 0 Å². The molecule has 11 heteroatoms. The number of nitrogens with zero attached hydrogens (tertiary/aromatic N) is 3. The van der Waals surface area contributed by atoms with Gasteiger partial charge in [-0.1, -0.05) is 23.8 Å². The lowest BCUT2D eigenvalue weighted by Crippen LogP contribution is -2.30. The number of amides is 1. The van der Waals surface area contributed by atoms with Crippen LogP contribution in [0.15, 0.2) is 58.7 Å². The number of rotatable bonds is 6. The van der Waals surface area contributed by atoms with Crippen LogP contribution in [0.1, 0.15) is 15.9 Å². The van der Waals surface area contributed by atoms with Crippen LogP contribution in [0.25, 0.3) is 21.6 Å². The van der Waals surface area contributed by atoms with Gasteiger partial charge in [0.05, 0.1) is 15.9 Å². The summed E-state index contributed by atoms with van der Waals surface area (Å²) in [5.41, 5.74) is 0.885. The fourth-order valence-electron chi connectivity index (χ4n) is 3.34. The Bertz CT molecular complexity index is 1470. The number of nitrogens with one attached hydrogen (secondary N) is 1. The van der Waals surface area contributed by atoms with Gasteiger partial charge in [-0.15, -0.1) is 11.3 Å². The molecule has 166 valence electrons. The van der Waals surface area contributed by atoms with Crippen molar-refractivity contribution in [3.05, 3.63) is 85.5 Å². The molecule has 10 nitrogen and oxygen atoms in total. The Kier molecular flexibility index (Phi) is 5.71. The van der Waals surface area contributed by atoms with Crippen molar-refractivity contribution in [3.63, 3.8) is 0 Å². The number of thiophene rings is 1. The number of non-ortho nitro benzene ring substituents is 1. The Balaban J connectivity index is 1.77. The second kappa shape index (κ2) is 8.63. The van der Waals surface area contributed by atoms with Crippen LogP contribution >= 0.6 is 11.3 Å². The van der Waals surface area contributed by atoms with E-state index in [0.717, 1.165) is 21.5 Å². The molecule has 0 aliphatic carbocycles. The molecular formula is C22H16N4O6S. The number of aryl methyl sites for hydroxylation is 1. The van der Waals surface area contributed by atoms with E-state index in [4.69, 9.17) is 0 Å². The highest BCUT2D eigenvalue weighted by Gasteiger charge is 2.22. The van der Waals surface area contributed by atoms with E-state index in [0.29, 0.717) is 11.3 Å². The summed E-state index contributed by atoms with van der Waals surface area (Å²) < 4.78 is 1.14. The largest absolute Gasteiger partial charge is 0.478 e. The van der Waals surface area contributed by atoms with Crippen molar-refractivity contribution >= 4 is 44.8 Å². The monoisotopic (exact) mass is 464 g/mol. The molecule has 0 saturated heterocycles.